The summed E-state index contributed by atoms with van der Waals surface area (Å²) in [6, 6.07) is 11.7. The first kappa shape index (κ1) is 12.0. The predicted molar refractivity (Wildman–Crippen MR) is 87.4 cm³/mol. The van der Waals surface area contributed by atoms with Gasteiger partial charge < -0.3 is 0 Å². The van der Waals surface area contributed by atoms with Gasteiger partial charge in [-0.2, -0.15) is 0 Å². The number of hydrogen-bond donors (Lipinski definition) is 0. The van der Waals surface area contributed by atoms with E-state index in [1.807, 2.05) is 36.4 Å². The lowest BCUT2D eigenvalue weighted by molar-refractivity contribution is 0.0970. The monoisotopic (exact) mass is 298 g/mol. The summed E-state index contributed by atoms with van der Waals surface area (Å²) < 4.78 is 0. The van der Waals surface area contributed by atoms with E-state index in [9.17, 15) is 9.59 Å². The molecule has 4 aliphatic carbocycles. The lowest BCUT2D eigenvalue weighted by atomic mass is 9.79. The second-order valence-corrected chi connectivity index (χ2v) is 7.30. The van der Waals surface area contributed by atoms with Crippen LogP contribution in [0.4, 0.5) is 0 Å². The van der Waals surface area contributed by atoms with Crippen LogP contribution in [0, 0.1) is 17.3 Å². The molecule has 1 spiro atoms. The molecule has 2 unspecified atom stereocenters. The molecule has 2 aromatic carbocycles. The number of rotatable bonds is 0. The second kappa shape index (κ2) is 3.53. The number of Topliss-reactive ketones (excluding diaryl/α,β-unsaturated/α-hetero) is 2. The average molecular weight is 298 g/mol. The molecule has 2 aromatic rings. The van der Waals surface area contributed by atoms with Crippen LogP contribution in [0.5, 0.6) is 0 Å². The molecule has 0 N–H and O–H groups in total. The third-order valence-electron chi connectivity index (χ3n) is 6.34. The quantitative estimate of drug-likeness (QED) is 0.686. The van der Waals surface area contributed by atoms with Crippen LogP contribution in [0.2, 0.25) is 0 Å². The molecular weight excluding hydrogens is 284 g/mol. The third kappa shape index (κ3) is 1.20. The van der Waals surface area contributed by atoms with Crippen LogP contribution < -0.4 is 0 Å². The van der Waals surface area contributed by atoms with E-state index in [-0.39, 0.29) is 28.8 Å². The van der Waals surface area contributed by atoms with Crippen molar-refractivity contribution in [1.82, 2.24) is 0 Å². The summed E-state index contributed by atoms with van der Waals surface area (Å²) in [6.45, 7) is 0. The lowest BCUT2D eigenvalue weighted by Gasteiger charge is -2.22. The Morgan fingerprint density at radius 1 is 0.783 bits per heavy atom. The highest BCUT2D eigenvalue weighted by Crippen LogP contribution is 2.71. The van der Waals surface area contributed by atoms with Gasteiger partial charge in [0.25, 0.3) is 0 Å². The first-order valence-electron chi connectivity index (χ1n) is 8.25. The number of fused-ring (bicyclic) bond motifs is 4. The zero-order valence-corrected chi connectivity index (χ0v) is 12.5. The van der Waals surface area contributed by atoms with Crippen molar-refractivity contribution < 1.29 is 9.59 Å². The van der Waals surface area contributed by atoms with Gasteiger partial charge in [-0.15, -0.1) is 0 Å². The molecule has 0 amide bonds. The van der Waals surface area contributed by atoms with Crippen molar-refractivity contribution in [3.63, 3.8) is 0 Å². The Kier molecular flexibility index (Phi) is 1.85. The van der Waals surface area contributed by atoms with E-state index >= 15 is 0 Å². The van der Waals surface area contributed by atoms with Gasteiger partial charge in [-0.25, -0.2) is 0 Å². The van der Waals surface area contributed by atoms with E-state index in [4.69, 9.17) is 0 Å². The zero-order chi connectivity index (χ0) is 15.3. The van der Waals surface area contributed by atoms with Crippen molar-refractivity contribution in [1.29, 1.82) is 0 Å². The smallest absolute Gasteiger partial charge is 0.190 e. The van der Waals surface area contributed by atoms with Gasteiger partial charge in [0, 0.05) is 34.1 Å². The molecule has 1 fully saturated rings. The fourth-order valence-electron chi connectivity index (χ4n) is 5.10. The molecule has 0 aliphatic heterocycles. The van der Waals surface area contributed by atoms with E-state index in [1.54, 1.807) is 0 Å². The first-order valence-corrected chi connectivity index (χ1v) is 8.25. The van der Waals surface area contributed by atoms with Crippen LogP contribution in [-0.4, -0.2) is 11.6 Å². The first-order chi connectivity index (χ1) is 11.2. The maximum Gasteiger partial charge on any atom is 0.190 e. The Bertz CT molecular complexity index is 941. The molecule has 4 aliphatic rings. The van der Waals surface area contributed by atoms with E-state index < -0.39 is 0 Å². The lowest BCUT2D eigenvalue weighted by Crippen LogP contribution is -2.24. The van der Waals surface area contributed by atoms with Crippen LogP contribution in [0.1, 0.15) is 33.6 Å². The van der Waals surface area contributed by atoms with Crippen LogP contribution >= 0.6 is 0 Å². The Morgan fingerprint density at radius 2 is 1.26 bits per heavy atom. The normalized spacial score (nSPS) is 28.7. The highest BCUT2D eigenvalue weighted by atomic mass is 16.1. The summed E-state index contributed by atoms with van der Waals surface area (Å²) in [5.41, 5.74) is 3.00. The van der Waals surface area contributed by atoms with Gasteiger partial charge in [-0.1, -0.05) is 36.4 Å². The number of hydrogen-bond acceptors (Lipinski definition) is 2. The number of carbonyl (C=O) groups excluding carboxylic acids is 2. The molecule has 6 rings (SSSR count). The summed E-state index contributed by atoms with van der Waals surface area (Å²) in [7, 11) is 0. The molecule has 23 heavy (non-hydrogen) atoms. The molecule has 0 saturated heterocycles. The fourth-order valence-corrected chi connectivity index (χ4v) is 5.10. The Morgan fingerprint density at radius 3 is 1.70 bits per heavy atom. The van der Waals surface area contributed by atoms with Gasteiger partial charge in [0.15, 0.2) is 11.6 Å². The number of allylic oxidation sites excluding steroid dienone is 4. The maximum atomic E-state index is 13.1. The summed E-state index contributed by atoms with van der Waals surface area (Å²) >= 11 is 0. The highest BCUT2D eigenvalue weighted by molar-refractivity contribution is 6.29. The molecule has 2 bridgehead atoms. The summed E-state index contributed by atoms with van der Waals surface area (Å²) in [6.07, 6.45) is 6.63. The Labute approximate surface area is 133 Å². The summed E-state index contributed by atoms with van der Waals surface area (Å²) in [4.78, 5) is 26.3. The predicted octanol–water partition coefficient (Wildman–Crippen LogP) is 4.11. The molecule has 1 saturated carbocycles. The van der Waals surface area contributed by atoms with Crippen LogP contribution in [0.3, 0.4) is 0 Å². The molecule has 0 radical (unpaired) electrons. The highest BCUT2D eigenvalue weighted by Gasteiger charge is 2.65. The largest absolute Gasteiger partial charge is 0.289 e. The van der Waals surface area contributed by atoms with E-state index in [0.717, 1.165) is 34.8 Å². The van der Waals surface area contributed by atoms with E-state index in [1.165, 1.54) is 0 Å². The maximum absolute atomic E-state index is 13.1. The number of ketones is 2. The Balaban J connectivity index is 1.63. The second-order valence-electron chi connectivity index (χ2n) is 7.30. The average Bonchev–Trinajstić information content (AvgIpc) is 3.24. The minimum absolute atomic E-state index is 0.0866. The summed E-state index contributed by atoms with van der Waals surface area (Å²) in [5.74, 6) is 0.532. The molecule has 110 valence electrons. The van der Waals surface area contributed by atoms with Crippen LogP contribution in [0.25, 0.3) is 10.8 Å². The van der Waals surface area contributed by atoms with Gasteiger partial charge in [-0.05, 0) is 41.2 Å². The van der Waals surface area contributed by atoms with Crippen molar-refractivity contribution in [2.24, 2.45) is 17.3 Å². The number of carbonyl (C=O) groups is 2. The number of benzene rings is 2. The molecular formula is C21H14O2. The molecule has 0 aromatic heterocycles. The van der Waals surface area contributed by atoms with E-state index in [0.29, 0.717) is 11.1 Å². The Hall–Kier alpha value is -2.48. The summed E-state index contributed by atoms with van der Waals surface area (Å²) in [5, 5.41) is 2.05. The van der Waals surface area contributed by atoms with Crippen molar-refractivity contribution in [3.8, 4) is 0 Å². The van der Waals surface area contributed by atoms with Crippen molar-refractivity contribution >= 4 is 22.3 Å². The standard InChI is InChI=1S/C21H14O2/c22-19-13-9-11-3-1-2-4-12(11)10-14(13)20(23)18-16-6-5-15(17(18)19)21(16)7-8-21/h1-6,9-10,15-16H,7-8H2. The van der Waals surface area contributed by atoms with Gasteiger partial charge >= 0.3 is 0 Å². The van der Waals surface area contributed by atoms with E-state index in [2.05, 4.69) is 12.2 Å². The minimum Gasteiger partial charge on any atom is -0.289 e. The fraction of sp³-hybridized carbons (Fsp3) is 0.238. The minimum atomic E-state index is 0.0866. The third-order valence-corrected chi connectivity index (χ3v) is 6.34. The van der Waals surface area contributed by atoms with Gasteiger partial charge in [-0.3, -0.25) is 9.59 Å². The van der Waals surface area contributed by atoms with Gasteiger partial charge in [0.1, 0.15) is 0 Å². The molecule has 2 atom stereocenters. The SMILES string of the molecule is O=C1C2=C(C(=O)c3cc4ccccc4cc31)C1C=CC2C12CC2. The molecule has 0 heterocycles. The van der Waals surface area contributed by atoms with Crippen molar-refractivity contribution in [3.05, 3.63) is 70.8 Å². The molecule has 2 nitrogen and oxygen atoms in total. The molecule has 2 heteroatoms. The van der Waals surface area contributed by atoms with Gasteiger partial charge in [0.05, 0.1) is 0 Å². The topological polar surface area (TPSA) is 34.1 Å². The van der Waals surface area contributed by atoms with Crippen molar-refractivity contribution in [2.45, 2.75) is 12.8 Å². The van der Waals surface area contributed by atoms with Crippen molar-refractivity contribution in [2.75, 3.05) is 0 Å². The van der Waals surface area contributed by atoms with Crippen LogP contribution in [0.15, 0.2) is 59.7 Å². The zero-order valence-electron chi connectivity index (χ0n) is 12.5. The van der Waals surface area contributed by atoms with Crippen LogP contribution in [-0.2, 0) is 0 Å². The van der Waals surface area contributed by atoms with Gasteiger partial charge in [0.2, 0.25) is 0 Å².